The fourth-order valence-corrected chi connectivity index (χ4v) is 6.19. The van der Waals surface area contributed by atoms with Crippen molar-refractivity contribution in [1.82, 2.24) is 4.31 Å². The summed E-state index contributed by atoms with van der Waals surface area (Å²) >= 11 is 0. The quantitative estimate of drug-likeness (QED) is 0.744. The van der Waals surface area contributed by atoms with Gasteiger partial charge in [-0.2, -0.15) is 4.31 Å². The molecule has 7 nitrogen and oxygen atoms in total. The van der Waals surface area contributed by atoms with Gasteiger partial charge < -0.3 is 15.0 Å². The van der Waals surface area contributed by atoms with Crippen molar-refractivity contribution in [2.24, 2.45) is 11.8 Å². The van der Waals surface area contributed by atoms with Crippen molar-refractivity contribution in [3.05, 3.63) is 54.1 Å². The molecule has 0 saturated carbocycles. The Balaban J connectivity index is 1.40. The number of benzene rings is 2. The number of hydrogen-bond acceptors (Lipinski definition) is 5. The van der Waals surface area contributed by atoms with Crippen molar-refractivity contribution in [1.29, 1.82) is 0 Å². The maximum absolute atomic E-state index is 13.0. The minimum absolute atomic E-state index is 0.227. The summed E-state index contributed by atoms with van der Waals surface area (Å²) < 4.78 is 33.0. The molecule has 4 rings (SSSR count). The van der Waals surface area contributed by atoms with E-state index < -0.39 is 10.0 Å². The molecule has 0 spiro atoms. The first kappa shape index (κ1) is 22.8. The topological polar surface area (TPSA) is 79.0 Å². The maximum atomic E-state index is 13.0. The van der Waals surface area contributed by atoms with Gasteiger partial charge in [-0.15, -0.1) is 0 Å². The molecular formula is C24H31N3O4S. The van der Waals surface area contributed by atoms with Gasteiger partial charge in [-0.3, -0.25) is 4.79 Å². The fourth-order valence-electron chi connectivity index (χ4n) is 4.51. The third-order valence-electron chi connectivity index (χ3n) is 6.09. The number of anilines is 2. The van der Waals surface area contributed by atoms with Crippen LogP contribution in [0.3, 0.4) is 0 Å². The van der Waals surface area contributed by atoms with E-state index in [4.69, 9.17) is 4.74 Å². The summed E-state index contributed by atoms with van der Waals surface area (Å²) in [6.07, 6.45) is 1.04. The third-order valence-corrected chi connectivity index (χ3v) is 7.94. The van der Waals surface area contributed by atoms with Gasteiger partial charge in [0.2, 0.25) is 10.0 Å². The Morgan fingerprint density at radius 1 is 0.938 bits per heavy atom. The Bertz CT molecular complexity index is 1020. The molecule has 172 valence electrons. The summed E-state index contributed by atoms with van der Waals surface area (Å²) in [5, 5.41) is 2.88. The van der Waals surface area contributed by atoms with Crippen molar-refractivity contribution >= 4 is 27.3 Å². The summed E-state index contributed by atoms with van der Waals surface area (Å²) in [5.74, 6) is 0.412. The predicted octanol–water partition coefficient (Wildman–Crippen LogP) is 3.44. The molecule has 2 aromatic carbocycles. The number of amides is 1. The minimum atomic E-state index is -3.56. The Morgan fingerprint density at radius 3 is 2.12 bits per heavy atom. The van der Waals surface area contributed by atoms with Crippen LogP contribution < -0.4 is 10.2 Å². The first-order valence-corrected chi connectivity index (χ1v) is 12.6. The number of nitrogens with one attached hydrogen (secondary N) is 1. The molecule has 2 aliphatic rings. The number of ether oxygens (including phenoxy) is 1. The van der Waals surface area contributed by atoms with Gasteiger partial charge >= 0.3 is 0 Å². The highest BCUT2D eigenvalue weighted by molar-refractivity contribution is 7.89. The lowest BCUT2D eigenvalue weighted by Gasteiger charge is -2.34. The van der Waals surface area contributed by atoms with Crippen LogP contribution in [0.25, 0.3) is 0 Å². The van der Waals surface area contributed by atoms with Crippen molar-refractivity contribution in [2.75, 3.05) is 49.6 Å². The normalized spacial score (nSPS) is 22.5. The van der Waals surface area contributed by atoms with Crippen LogP contribution in [0.5, 0.6) is 0 Å². The van der Waals surface area contributed by atoms with Crippen LogP contribution in [-0.2, 0) is 14.8 Å². The molecule has 0 bridgehead atoms. The minimum Gasteiger partial charge on any atom is -0.378 e. The molecule has 2 atom stereocenters. The van der Waals surface area contributed by atoms with Gasteiger partial charge in [0.05, 0.1) is 18.1 Å². The SMILES string of the molecule is C[C@H]1C[C@H](C)CN(S(=O)(=O)c2ccc(C(=O)Nc3ccc(N4CCOCC4)cc3)cc2)C1. The van der Waals surface area contributed by atoms with Gasteiger partial charge in [0.15, 0.2) is 0 Å². The van der Waals surface area contributed by atoms with E-state index in [9.17, 15) is 13.2 Å². The van der Waals surface area contributed by atoms with Crippen LogP contribution in [0.1, 0.15) is 30.6 Å². The van der Waals surface area contributed by atoms with Crippen LogP contribution >= 0.6 is 0 Å². The molecule has 2 heterocycles. The molecule has 2 saturated heterocycles. The van der Waals surface area contributed by atoms with E-state index >= 15 is 0 Å². The number of nitrogens with zero attached hydrogens (tertiary/aromatic N) is 2. The summed E-state index contributed by atoms with van der Waals surface area (Å²) in [5.41, 5.74) is 2.21. The number of sulfonamides is 1. The van der Waals surface area contributed by atoms with Crippen molar-refractivity contribution in [3.63, 3.8) is 0 Å². The molecule has 0 unspecified atom stereocenters. The van der Waals surface area contributed by atoms with Crippen molar-refractivity contribution in [2.45, 2.75) is 25.2 Å². The zero-order valence-electron chi connectivity index (χ0n) is 18.7. The van der Waals surface area contributed by atoms with Crippen LogP contribution in [-0.4, -0.2) is 58.0 Å². The second-order valence-electron chi connectivity index (χ2n) is 8.89. The molecule has 2 aromatic rings. The van der Waals surface area contributed by atoms with E-state index in [1.54, 1.807) is 16.4 Å². The molecule has 0 aliphatic carbocycles. The van der Waals surface area contributed by atoms with Crippen LogP contribution in [0.15, 0.2) is 53.4 Å². The molecule has 2 aliphatic heterocycles. The molecule has 2 fully saturated rings. The number of hydrogen-bond donors (Lipinski definition) is 1. The molecule has 1 amide bonds. The van der Waals surface area contributed by atoms with E-state index in [1.165, 1.54) is 12.1 Å². The first-order valence-electron chi connectivity index (χ1n) is 11.2. The van der Waals surface area contributed by atoms with E-state index in [0.717, 1.165) is 38.4 Å². The lowest BCUT2D eigenvalue weighted by atomic mass is 9.94. The Hall–Kier alpha value is -2.42. The second-order valence-corrected chi connectivity index (χ2v) is 10.8. The molecular weight excluding hydrogens is 426 g/mol. The summed E-state index contributed by atoms with van der Waals surface area (Å²) in [6, 6.07) is 13.9. The van der Waals surface area contributed by atoms with Gasteiger partial charge in [0, 0.05) is 43.1 Å². The zero-order valence-corrected chi connectivity index (χ0v) is 19.5. The highest BCUT2D eigenvalue weighted by Crippen LogP contribution is 2.27. The lowest BCUT2D eigenvalue weighted by Crippen LogP contribution is -2.42. The summed E-state index contributed by atoms with van der Waals surface area (Å²) in [7, 11) is -3.56. The first-order chi connectivity index (χ1) is 15.3. The Morgan fingerprint density at radius 2 is 1.53 bits per heavy atom. The van der Waals surface area contributed by atoms with Gasteiger partial charge in [0.25, 0.3) is 5.91 Å². The number of rotatable bonds is 5. The highest BCUT2D eigenvalue weighted by atomic mass is 32.2. The van der Waals surface area contributed by atoms with Crippen molar-refractivity contribution in [3.8, 4) is 0 Å². The maximum Gasteiger partial charge on any atom is 0.255 e. The highest BCUT2D eigenvalue weighted by Gasteiger charge is 2.31. The smallest absolute Gasteiger partial charge is 0.255 e. The summed E-state index contributed by atoms with van der Waals surface area (Å²) in [6.45, 7) is 8.40. The standard InChI is InChI=1S/C24H31N3O4S/c1-18-15-19(2)17-27(16-18)32(29,30)23-9-3-20(4-10-23)24(28)25-21-5-7-22(8-6-21)26-11-13-31-14-12-26/h3-10,18-19H,11-17H2,1-2H3,(H,25,28)/t18-,19-/m0/s1. The van der Waals surface area contributed by atoms with Crippen LogP contribution in [0, 0.1) is 11.8 Å². The Labute approximate surface area is 190 Å². The van der Waals surface area contributed by atoms with Gasteiger partial charge in [0.1, 0.15) is 0 Å². The molecule has 0 radical (unpaired) electrons. The Kier molecular flexibility index (Phi) is 6.83. The molecule has 32 heavy (non-hydrogen) atoms. The second kappa shape index (κ2) is 9.60. The molecule has 1 N–H and O–H groups in total. The third kappa shape index (κ3) is 5.14. The number of carbonyl (C=O) groups is 1. The molecule has 0 aromatic heterocycles. The number of carbonyl (C=O) groups excluding carboxylic acids is 1. The average molecular weight is 458 g/mol. The van der Waals surface area contributed by atoms with E-state index in [2.05, 4.69) is 24.1 Å². The molecule has 8 heteroatoms. The van der Waals surface area contributed by atoms with Crippen LogP contribution in [0.2, 0.25) is 0 Å². The predicted molar refractivity (Wildman–Crippen MR) is 126 cm³/mol. The van der Waals surface area contributed by atoms with E-state index in [0.29, 0.717) is 36.2 Å². The van der Waals surface area contributed by atoms with Gasteiger partial charge in [-0.25, -0.2) is 8.42 Å². The number of piperidine rings is 1. The summed E-state index contributed by atoms with van der Waals surface area (Å²) in [4.78, 5) is 15.1. The zero-order chi connectivity index (χ0) is 22.7. The van der Waals surface area contributed by atoms with E-state index in [-0.39, 0.29) is 10.8 Å². The average Bonchev–Trinajstić information content (AvgIpc) is 2.79. The number of morpholine rings is 1. The van der Waals surface area contributed by atoms with Crippen molar-refractivity contribution < 1.29 is 17.9 Å². The van der Waals surface area contributed by atoms with Gasteiger partial charge in [-0.05, 0) is 66.8 Å². The largest absolute Gasteiger partial charge is 0.378 e. The van der Waals surface area contributed by atoms with Gasteiger partial charge in [-0.1, -0.05) is 13.8 Å². The fraction of sp³-hybridized carbons (Fsp3) is 0.458. The van der Waals surface area contributed by atoms with E-state index in [1.807, 2.05) is 24.3 Å². The monoisotopic (exact) mass is 457 g/mol. The van der Waals surface area contributed by atoms with Crippen LogP contribution in [0.4, 0.5) is 11.4 Å². The lowest BCUT2D eigenvalue weighted by molar-refractivity contribution is 0.102.